The minimum Gasteiger partial charge on any atom is -0.490 e. The van der Waals surface area contributed by atoms with Crippen LogP contribution >= 0.6 is 0 Å². The second-order valence-electron chi connectivity index (χ2n) is 9.27. The standard InChI is InChI=1S/C27H34N4O5/c1-4-28-27(34)30-19-10-13-23-21(14-19)26(33)31(3)22-12-11-20(36-24(22)16-35-23)15-25(32)29-17(2)18-8-6-5-7-9-18/h5-10,13-14,17,20,22,24H,4,11-12,15-16H2,1-3H3,(H,29,32)(H2,28,30,34)/t17-,20+,22+,24-/m0/s1. The van der Waals surface area contributed by atoms with Crippen molar-refractivity contribution in [2.45, 2.75) is 57.4 Å². The number of hydrogen-bond donors (Lipinski definition) is 3. The number of nitrogens with one attached hydrogen (secondary N) is 3. The summed E-state index contributed by atoms with van der Waals surface area (Å²) in [6.07, 6.45) is 1.03. The first-order valence-corrected chi connectivity index (χ1v) is 12.4. The average molecular weight is 495 g/mol. The number of amides is 4. The van der Waals surface area contributed by atoms with Crippen LogP contribution in [0.25, 0.3) is 0 Å². The minimum atomic E-state index is -0.349. The zero-order valence-corrected chi connectivity index (χ0v) is 21.0. The number of nitrogens with zero attached hydrogens (tertiary/aromatic N) is 1. The van der Waals surface area contributed by atoms with Gasteiger partial charge < -0.3 is 30.3 Å². The molecule has 4 rings (SSSR count). The maximum absolute atomic E-state index is 13.3. The Labute approximate surface area is 211 Å². The Balaban J connectivity index is 1.39. The van der Waals surface area contributed by atoms with Crippen LogP contribution in [0.2, 0.25) is 0 Å². The Hall–Kier alpha value is -3.59. The van der Waals surface area contributed by atoms with E-state index in [0.29, 0.717) is 36.4 Å². The summed E-state index contributed by atoms with van der Waals surface area (Å²) >= 11 is 0. The van der Waals surface area contributed by atoms with Gasteiger partial charge in [-0.25, -0.2) is 4.79 Å². The normalized spacial score (nSPS) is 22.1. The molecule has 36 heavy (non-hydrogen) atoms. The first-order chi connectivity index (χ1) is 17.4. The van der Waals surface area contributed by atoms with Gasteiger partial charge in [0.05, 0.1) is 30.2 Å². The van der Waals surface area contributed by atoms with E-state index >= 15 is 0 Å². The van der Waals surface area contributed by atoms with Gasteiger partial charge in [-0.1, -0.05) is 30.3 Å². The third kappa shape index (κ3) is 5.96. The van der Waals surface area contributed by atoms with E-state index in [1.54, 1.807) is 30.1 Å². The molecule has 4 atom stereocenters. The summed E-state index contributed by atoms with van der Waals surface area (Å²) in [6.45, 7) is 4.55. The van der Waals surface area contributed by atoms with Crippen molar-refractivity contribution < 1.29 is 23.9 Å². The van der Waals surface area contributed by atoms with Crippen LogP contribution in [0.1, 0.15) is 55.1 Å². The van der Waals surface area contributed by atoms with E-state index in [1.807, 2.05) is 44.2 Å². The predicted octanol–water partition coefficient (Wildman–Crippen LogP) is 3.48. The van der Waals surface area contributed by atoms with Gasteiger partial charge in [0.2, 0.25) is 5.91 Å². The topological polar surface area (TPSA) is 109 Å². The molecule has 0 spiro atoms. The molecule has 0 radical (unpaired) electrons. The number of hydrogen-bond acceptors (Lipinski definition) is 5. The van der Waals surface area contributed by atoms with Crippen molar-refractivity contribution >= 4 is 23.5 Å². The Morgan fingerprint density at radius 3 is 2.67 bits per heavy atom. The summed E-state index contributed by atoms with van der Waals surface area (Å²) in [5.41, 5.74) is 1.95. The fraction of sp³-hybridized carbons (Fsp3) is 0.444. The second kappa shape index (κ2) is 11.4. The van der Waals surface area contributed by atoms with Crippen LogP contribution < -0.4 is 20.7 Å². The molecule has 2 aromatic carbocycles. The van der Waals surface area contributed by atoms with Crippen molar-refractivity contribution in [1.82, 2.24) is 15.5 Å². The van der Waals surface area contributed by atoms with Gasteiger partial charge in [0.15, 0.2) is 0 Å². The third-order valence-corrected chi connectivity index (χ3v) is 6.70. The molecular weight excluding hydrogens is 460 g/mol. The fourth-order valence-corrected chi connectivity index (χ4v) is 4.77. The Morgan fingerprint density at radius 2 is 1.92 bits per heavy atom. The lowest BCUT2D eigenvalue weighted by Gasteiger charge is -2.42. The summed E-state index contributed by atoms with van der Waals surface area (Å²) in [7, 11) is 1.76. The Bertz CT molecular complexity index is 1090. The number of anilines is 1. The molecule has 0 aromatic heterocycles. The molecule has 9 nitrogen and oxygen atoms in total. The molecule has 2 aromatic rings. The van der Waals surface area contributed by atoms with E-state index in [1.165, 1.54) is 0 Å². The second-order valence-corrected chi connectivity index (χ2v) is 9.27. The summed E-state index contributed by atoms with van der Waals surface area (Å²) in [5.74, 6) is 0.172. The lowest BCUT2D eigenvalue weighted by molar-refractivity contribution is -0.134. The average Bonchev–Trinajstić information content (AvgIpc) is 2.87. The van der Waals surface area contributed by atoms with Crippen LogP contribution in [0.5, 0.6) is 5.75 Å². The monoisotopic (exact) mass is 494 g/mol. The van der Waals surface area contributed by atoms with Crippen LogP contribution in [0.4, 0.5) is 10.5 Å². The number of fused-ring (bicyclic) bond motifs is 2. The van der Waals surface area contributed by atoms with Crippen LogP contribution in [0.15, 0.2) is 48.5 Å². The van der Waals surface area contributed by atoms with E-state index in [9.17, 15) is 14.4 Å². The SMILES string of the molecule is CCNC(=O)Nc1ccc2c(c1)C(=O)N(C)[C@@H]1CC[C@H](CC(=O)N[C@@H](C)c3ccccc3)O[C@H]1CO2. The maximum Gasteiger partial charge on any atom is 0.319 e. The van der Waals surface area contributed by atoms with Gasteiger partial charge >= 0.3 is 6.03 Å². The highest BCUT2D eigenvalue weighted by atomic mass is 16.5. The number of rotatable bonds is 6. The number of likely N-dealkylation sites (N-methyl/N-ethyl adjacent to an activating group) is 1. The molecule has 0 bridgehead atoms. The first-order valence-electron chi connectivity index (χ1n) is 12.4. The Kier molecular flexibility index (Phi) is 8.10. The molecule has 3 N–H and O–H groups in total. The number of carbonyl (C=O) groups is 3. The summed E-state index contributed by atoms with van der Waals surface area (Å²) in [5, 5.41) is 8.44. The lowest BCUT2D eigenvalue weighted by Crippen LogP contribution is -2.54. The number of carbonyl (C=O) groups excluding carboxylic acids is 3. The highest BCUT2D eigenvalue weighted by Crippen LogP contribution is 2.32. The fourth-order valence-electron chi connectivity index (χ4n) is 4.77. The number of benzene rings is 2. The van der Waals surface area contributed by atoms with Gasteiger partial charge in [0.1, 0.15) is 18.5 Å². The molecule has 2 heterocycles. The predicted molar refractivity (Wildman–Crippen MR) is 136 cm³/mol. The van der Waals surface area contributed by atoms with Crippen LogP contribution in [-0.2, 0) is 9.53 Å². The van der Waals surface area contributed by atoms with Crippen molar-refractivity contribution in [3.63, 3.8) is 0 Å². The van der Waals surface area contributed by atoms with Crippen molar-refractivity contribution in [2.75, 3.05) is 25.5 Å². The molecule has 2 aliphatic heterocycles. The van der Waals surface area contributed by atoms with E-state index in [-0.39, 0.29) is 55.2 Å². The van der Waals surface area contributed by atoms with Gasteiger partial charge in [-0.2, -0.15) is 0 Å². The molecule has 2 aliphatic rings. The molecule has 0 aliphatic carbocycles. The van der Waals surface area contributed by atoms with Crippen molar-refractivity contribution in [1.29, 1.82) is 0 Å². The molecule has 1 fully saturated rings. The molecule has 1 saturated heterocycles. The minimum absolute atomic E-state index is 0.0662. The van der Waals surface area contributed by atoms with Gasteiger partial charge in [-0.05, 0) is 50.5 Å². The summed E-state index contributed by atoms with van der Waals surface area (Å²) < 4.78 is 12.3. The molecular formula is C27H34N4O5. The first kappa shape index (κ1) is 25.5. The highest BCUT2D eigenvalue weighted by molar-refractivity contribution is 5.99. The maximum atomic E-state index is 13.3. The molecule has 0 unspecified atom stereocenters. The zero-order valence-electron chi connectivity index (χ0n) is 21.0. The molecule has 0 saturated carbocycles. The largest absolute Gasteiger partial charge is 0.490 e. The van der Waals surface area contributed by atoms with Crippen molar-refractivity contribution in [2.24, 2.45) is 0 Å². The molecule has 9 heteroatoms. The van der Waals surface area contributed by atoms with Crippen LogP contribution in [-0.4, -0.2) is 61.2 Å². The number of urea groups is 1. The van der Waals surface area contributed by atoms with Crippen LogP contribution in [0.3, 0.4) is 0 Å². The lowest BCUT2D eigenvalue weighted by atomic mass is 9.94. The zero-order chi connectivity index (χ0) is 25.7. The van der Waals surface area contributed by atoms with Gasteiger partial charge in [0, 0.05) is 19.3 Å². The smallest absolute Gasteiger partial charge is 0.319 e. The van der Waals surface area contributed by atoms with Crippen molar-refractivity contribution in [3.05, 3.63) is 59.7 Å². The van der Waals surface area contributed by atoms with Gasteiger partial charge in [0.25, 0.3) is 5.91 Å². The van der Waals surface area contributed by atoms with E-state index in [4.69, 9.17) is 9.47 Å². The van der Waals surface area contributed by atoms with Crippen molar-refractivity contribution in [3.8, 4) is 5.75 Å². The van der Waals surface area contributed by atoms with Crippen LogP contribution in [0, 0.1) is 0 Å². The van der Waals surface area contributed by atoms with Gasteiger partial charge in [-0.15, -0.1) is 0 Å². The third-order valence-electron chi connectivity index (χ3n) is 6.70. The molecule has 4 amide bonds. The quantitative estimate of drug-likeness (QED) is 0.570. The molecule has 192 valence electrons. The summed E-state index contributed by atoms with van der Waals surface area (Å²) in [4.78, 5) is 39.6. The summed E-state index contributed by atoms with van der Waals surface area (Å²) in [6, 6.07) is 14.2. The highest BCUT2D eigenvalue weighted by Gasteiger charge is 2.39. The van der Waals surface area contributed by atoms with E-state index < -0.39 is 0 Å². The van der Waals surface area contributed by atoms with Gasteiger partial charge in [-0.3, -0.25) is 9.59 Å². The van der Waals surface area contributed by atoms with E-state index in [0.717, 1.165) is 5.56 Å². The Morgan fingerprint density at radius 1 is 1.14 bits per heavy atom. The van der Waals surface area contributed by atoms with E-state index in [2.05, 4.69) is 16.0 Å². The number of ether oxygens (including phenoxy) is 2.